The molecule has 0 unspecified atom stereocenters. The summed E-state index contributed by atoms with van der Waals surface area (Å²) in [7, 11) is -5.01. The van der Waals surface area contributed by atoms with Crippen molar-refractivity contribution in [2.75, 3.05) is 13.2 Å². The number of rotatable bonds is 37. The Morgan fingerprint density at radius 3 is 1.13 bits per heavy atom. The maximum Gasteiger partial charge on any atom is 1.00 e. The smallest absolute Gasteiger partial charge is 0.744 e. The van der Waals surface area contributed by atoms with Crippen LogP contribution in [0, 0.1) is 0 Å². The third-order valence-corrected chi connectivity index (χ3v) is 10.7. The minimum absolute atomic E-state index is 0. The van der Waals surface area contributed by atoms with Crippen LogP contribution in [-0.2, 0) is 19.6 Å². The first-order valence-electron chi connectivity index (χ1n) is 21.0. The van der Waals surface area contributed by atoms with E-state index in [9.17, 15) is 22.6 Å². The van der Waals surface area contributed by atoms with Crippen molar-refractivity contribution >= 4 is 22.1 Å². The molecule has 0 aliphatic heterocycles. The average molecular weight is 769 g/mol. The van der Waals surface area contributed by atoms with Crippen molar-refractivity contribution < 1.29 is 61.6 Å². The van der Waals surface area contributed by atoms with E-state index >= 15 is 0 Å². The molecule has 0 fully saturated rings. The van der Waals surface area contributed by atoms with Crippen LogP contribution >= 0.6 is 0 Å². The number of carbonyl (C=O) groups excluding carboxylic acids is 2. The van der Waals surface area contributed by atoms with Crippen LogP contribution in [-0.4, -0.2) is 38.1 Å². The molecule has 0 heterocycles. The quantitative estimate of drug-likeness (QED) is 0.0218. The number of hydrogen-bond donors (Lipinski definition) is 0. The van der Waals surface area contributed by atoms with Gasteiger partial charge < -0.3 is 14.0 Å². The Labute approximate surface area is 347 Å². The molecule has 53 heavy (non-hydrogen) atoms. The van der Waals surface area contributed by atoms with E-state index in [0.29, 0.717) is 12.8 Å². The molecule has 298 valence electrons. The molecule has 0 amide bonds. The first kappa shape index (κ1) is 51.5. The molecule has 0 bridgehead atoms. The van der Waals surface area contributed by atoms with Gasteiger partial charge >= 0.3 is 41.5 Å². The average Bonchev–Trinajstić information content (AvgIpc) is 3.13. The van der Waals surface area contributed by atoms with Crippen molar-refractivity contribution in [1.29, 1.82) is 0 Å². The van der Waals surface area contributed by atoms with E-state index in [0.717, 1.165) is 57.4 Å². The molecule has 0 aliphatic carbocycles. The van der Waals surface area contributed by atoms with Crippen LogP contribution in [0.5, 0.6) is 0 Å². The first-order valence-corrected chi connectivity index (χ1v) is 22.4. The molecular formula is C44H73NaO7S. The fourth-order valence-electron chi connectivity index (χ4n) is 6.62. The van der Waals surface area contributed by atoms with Gasteiger partial charge in [0.05, 0.1) is 29.2 Å². The Hall–Kier alpha value is -1.45. The van der Waals surface area contributed by atoms with Gasteiger partial charge in [-0.25, -0.2) is 18.0 Å². The van der Waals surface area contributed by atoms with Gasteiger partial charge in [-0.1, -0.05) is 172 Å². The van der Waals surface area contributed by atoms with Crippen LogP contribution in [0.2, 0.25) is 0 Å². The second kappa shape index (κ2) is 36.2. The Balaban J connectivity index is 0.0000270. The molecule has 0 saturated heterocycles. The predicted octanol–water partition coefficient (Wildman–Crippen LogP) is 9.98. The van der Waals surface area contributed by atoms with Crippen LogP contribution in [0.4, 0.5) is 0 Å². The third-order valence-electron chi connectivity index (χ3n) is 9.79. The Kier molecular flexibility index (Phi) is 35.2. The number of ether oxygens (including phenoxy) is 2. The minimum Gasteiger partial charge on any atom is -0.744 e. The maximum atomic E-state index is 13.0. The summed E-state index contributed by atoms with van der Waals surface area (Å²) < 4.78 is 46.7. The summed E-state index contributed by atoms with van der Waals surface area (Å²) in [5.74, 6) is -1.81. The first-order chi connectivity index (χ1) is 25.3. The number of unbranched alkanes of at least 4 members (excludes halogenated alkanes) is 28. The topological polar surface area (TPSA) is 110 Å². The molecule has 9 heteroatoms. The van der Waals surface area contributed by atoms with Gasteiger partial charge in [0.15, 0.2) is 0 Å². The van der Waals surface area contributed by atoms with Crippen LogP contribution < -0.4 is 29.6 Å². The fourth-order valence-corrected chi connectivity index (χ4v) is 7.31. The van der Waals surface area contributed by atoms with Crippen molar-refractivity contribution in [1.82, 2.24) is 0 Å². The van der Waals surface area contributed by atoms with Crippen molar-refractivity contribution in [2.45, 2.75) is 198 Å². The van der Waals surface area contributed by atoms with Gasteiger partial charge in [0.1, 0.15) is 10.1 Å². The van der Waals surface area contributed by atoms with Crippen LogP contribution in [0.25, 0.3) is 0 Å². The molecule has 0 aliphatic rings. The molecule has 0 aromatic heterocycles. The number of hydrogen-bond acceptors (Lipinski definition) is 7. The summed E-state index contributed by atoms with van der Waals surface area (Å²) in [5.41, 5.74) is -0.781. The summed E-state index contributed by atoms with van der Waals surface area (Å²) in [6.07, 6.45) is 39.6. The van der Waals surface area contributed by atoms with E-state index in [1.165, 1.54) is 141 Å². The van der Waals surface area contributed by atoms with Crippen LogP contribution in [0.15, 0.2) is 48.4 Å². The zero-order valence-corrected chi connectivity index (χ0v) is 36.5. The zero-order valence-electron chi connectivity index (χ0n) is 33.7. The maximum absolute atomic E-state index is 13.0. The summed E-state index contributed by atoms with van der Waals surface area (Å²) >= 11 is 0. The number of benzene rings is 1. The molecule has 0 spiro atoms. The van der Waals surface area contributed by atoms with Gasteiger partial charge in [-0.3, -0.25) is 0 Å². The van der Waals surface area contributed by atoms with Crippen LogP contribution in [0.3, 0.4) is 0 Å². The molecule has 1 rings (SSSR count). The second-order valence-corrected chi connectivity index (χ2v) is 15.8. The van der Waals surface area contributed by atoms with Gasteiger partial charge in [-0.05, 0) is 50.7 Å². The van der Waals surface area contributed by atoms with E-state index in [1.54, 1.807) is 0 Å². The SMILES string of the molecule is C=CCCCCCCCCCCCCCCCCOC(=O)c1cccc(S(=O)(=O)[O-])c1C(=O)OCCCCCCCCCCCCCCCCC=C.[Na+]. The minimum atomic E-state index is -5.01. The normalized spacial score (nSPS) is 11.2. The van der Waals surface area contributed by atoms with E-state index in [2.05, 4.69) is 13.2 Å². The third kappa shape index (κ3) is 28.6. The summed E-state index contributed by atoms with van der Waals surface area (Å²) in [6.45, 7) is 7.79. The van der Waals surface area contributed by atoms with Gasteiger partial charge in [0, 0.05) is 0 Å². The van der Waals surface area contributed by atoms with E-state index < -0.39 is 32.5 Å². The van der Waals surface area contributed by atoms with E-state index in [1.807, 2.05) is 12.2 Å². The molecule has 0 atom stereocenters. The molecule has 1 aromatic rings. The molecular weight excluding hydrogens is 696 g/mol. The summed E-state index contributed by atoms with van der Waals surface area (Å²) in [6, 6.07) is 3.62. The number of esters is 2. The monoisotopic (exact) mass is 768 g/mol. The van der Waals surface area contributed by atoms with Crippen molar-refractivity contribution in [3.05, 3.63) is 54.6 Å². The summed E-state index contributed by atoms with van der Waals surface area (Å²) in [5, 5.41) is 0. The molecule has 0 saturated carbocycles. The number of carbonyl (C=O) groups is 2. The largest absolute Gasteiger partial charge is 1.00 e. The van der Waals surface area contributed by atoms with Crippen molar-refractivity contribution in [2.24, 2.45) is 0 Å². The van der Waals surface area contributed by atoms with E-state index in [4.69, 9.17) is 9.47 Å². The van der Waals surface area contributed by atoms with Crippen LogP contribution in [0.1, 0.15) is 213 Å². The Morgan fingerprint density at radius 1 is 0.509 bits per heavy atom. The molecule has 1 aromatic carbocycles. The van der Waals surface area contributed by atoms with Gasteiger partial charge in [0.2, 0.25) is 0 Å². The number of allylic oxidation sites excluding steroid dienone is 2. The molecule has 0 radical (unpaired) electrons. The fraction of sp³-hybridized carbons (Fsp3) is 0.727. The molecule has 0 N–H and O–H groups in total. The molecule has 7 nitrogen and oxygen atoms in total. The van der Waals surface area contributed by atoms with Crippen molar-refractivity contribution in [3.63, 3.8) is 0 Å². The summed E-state index contributed by atoms with van der Waals surface area (Å²) in [4.78, 5) is 25.1. The van der Waals surface area contributed by atoms with Gasteiger partial charge in [-0.2, -0.15) is 0 Å². The van der Waals surface area contributed by atoms with Crippen molar-refractivity contribution in [3.8, 4) is 0 Å². The standard InChI is InChI=1S/C44H74O7S.Na/c1-3-5-7-9-11-13-15-17-19-21-23-25-27-29-31-33-38-50-43(45)40-36-35-37-41(52(47,48)49)42(40)44(46)51-39-34-32-30-28-26-24-22-20-18-16-14-12-10-8-6-4-2;/h3-4,35-37H,1-2,5-34,38-39H2,(H,47,48,49);/q;+1/p-1. The second-order valence-electron chi connectivity index (χ2n) is 14.5. The van der Waals surface area contributed by atoms with E-state index in [-0.39, 0.29) is 48.3 Å². The van der Waals surface area contributed by atoms with Gasteiger partial charge in [0.25, 0.3) is 0 Å². The van der Waals surface area contributed by atoms with Gasteiger partial charge in [-0.15, -0.1) is 13.2 Å². The zero-order chi connectivity index (χ0) is 38.0. The Morgan fingerprint density at radius 2 is 0.811 bits per heavy atom. The predicted molar refractivity (Wildman–Crippen MR) is 214 cm³/mol. The Bertz CT molecular complexity index is 1180.